The van der Waals surface area contributed by atoms with Gasteiger partial charge in [0, 0.05) is 48.5 Å². The van der Waals surface area contributed by atoms with Gasteiger partial charge in [-0.05, 0) is 45.2 Å². The van der Waals surface area contributed by atoms with Gasteiger partial charge in [0.1, 0.15) is 0 Å². The summed E-state index contributed by atoms with van der Waals surface area (Å²) in [5.74, 6) is 0.573. The SMILES string of the molecule is C=C1CN(c2nnc(C(=O)NC(CC=C(C)C)Cc3c[nH]c4ccccc34)[nH]2)C[C@@H](C)N1C. The molecule has 1 saturated heterocycles. The molecule has 8 nitrogen and oxygen atoms in total. The normalized spacial score (nSPS) is 17.3. The number of amides is 1. The lowest BCUT2D eigenvalue weighted by atomic mass is 10.0. The molecule has 3 heterocycles. The second kappa shape index (κ2) is 9.52. The van der Waals surface area contributed by atoms with Crippen LogP contribution < -0.4 is 10.2 Å². The first-order chi connectivity index (χ1) is 15.8. The number of allylic oxidation sites excluding steroid dienone is 1. The smallest absolute Gasteiger partial charge is 0.289 e. The molecule has 8 heteroatoms. The number of carbonyl (C=O) groups excluding carboxylic acids is 1. The van der Waals surface area contributed by atoms with Gasteiger partial charge in [-0.1, -0.05) is 36.4 Å². The zero-order valence-electron chi connectivity index (χ0n) is 19.9. The van der Waals surface area contributed by atoms with Crippen molar-refractivity contribution in [2.45, 2.75) is 45.7 Å². The highest BCUT2D eigenvalue weighted by atomic mass is 16.2. The Balaban J connectivity index is 1.48. The molecule has 33 heavy (non-hydrogen) atoms. The van der Waals surface area contributed by atoms with E-state index in [0.29, 0.717) is 18.5 Å². The minimum Gasteiger partial charge on any atom is -0.372 e. The molecular weight excluding hydrogens is 414 g/mol. The maximum atomic E-state index is 13.1. The van der Waals surface area contributed by atoms with E-state index in [0.717, 1.165) is 30.6 Å². The summed E-state index contributed by atoms with van der Waals surface area (Å²) < 4.78 is 0. The van der Waals surface area contributed by atoms with Gasteiger partial charge in [0.05, 0.1) is 6.54 Å². The summed E-state index contributed by atoms with van der Waals surface area (Å²) in [6.07, 6.45) is 5.64. The number of aromatic amines is 2. The van der Waals surface area contributed by atoms with Crippen LogP contribution in [-0.2, 0) is 6.42 Å². The van der Waals surface area contributed by atoms with E-state index in [1.54, 1.807) is 0 Å². The van der Waals surface area contributed by atoms with Crippen LogP contribution in [0.25, 0.3) is 10.9 Å². The fourth-order valence-corrected chi connectivity index (χ4v) is 4.20. The number of nitrogens with zero attached hydrogens (tertiary/aromatic N) is 4. The molecule has 0 saturated carbocycles. The molecule has 0 spiro atoms. The van der Waals surface area contributed by atoms with E-state index in [1.165, 1.54) is 16.5 Å². The maximum Gasteiger partial charge on any atom is 0.289 e. The fourth-order valence-electron chi connectivity index (χ4n) is 4.20. The average Bonchev–Trinajstić information content (AvgIpc) is 3.43. The highest BCUT2D eigenvalue weighted by molar-refractivity contribution is 5.91. The summed E-state index contributed by atoms with van der Waals surface area (Å²) in [6, 6.07) is 8.46. The number of aromatic nitrogens is 4. The lowest BCUT2D eigenvalue weighted by Crippen LogP contribution is -2.48. The van der Waals surface area contributed by atoms with Crippen LogP contribution in [0.2, 0.25) is 0 Å². The van der Waals surface area contributed by atoms with Crippen LogP contribution in [0.3, 0.4) is 0 Å². The van der Waals surface area contributed by atoms with E-state index in [9.17, 15) is 4.79 Å². The summed E-state index contributed by atoms with van der Waals surface area (Å²) in [4.78, 5) is 23.7. The molecule has 0 aliphatic carbocycles. The van der Waals surface area contributed by atoms with Crippen molar-refractivity contribution in [2.24, 2.45) is 0 Å². The van der Waals surface area contributed by atoms with Gasteiger partial charge in [0.25, 0.3) is 5.91 Å². The predicted molar refractivity (Wildman–Crippen MR) is 132 cm³/mol. The number of likely N-dealkylation sites (N-methyl/N-ethyl adjacent to an activating group) is 1. The number of para-hydroxylation sites is 1. The molecule has 3 N–H and O–H groups in total. The third-order valence-corrected chi connectivity index (χ3v) is 6.29. The van der Waals surface area contributed by atoms with Gasteiger partial charge in [0.2, 0.25) is 11.8 Å². The Bertz CT molecular complexity index is 1170. The zero-order valence-corrected chi connectivity index (χ0v) is 19.9. The molecule has 0 bridgehead atoms. The van der Waals surface area contributed by atoms with Crippen LogP contribution in [0.1, 0.15) is 43.4 Å². The number of hydrogen-bond donors (Lipinski definition) is 3. The summed E-state index contributed by atoms with van der Waals surface area (Å²) in [6.45, 7) is 11.8. The van der Waals surface area contributed by atoms with Crippen LogP contribution in [0.15, 0.2) is 54.4 Å². The fraction of sp³-hybridized carbons (Fsp3) is 0.400. The summed E-state index contributed by atoms with van der Waals surface area (Å²) in [7, 11) is 2.05. The second-order valence-electron chi connectivity index (χ2n) is 9.16. The van der Waals surface area contributed by atoms with Crippen LogP contribution in [0.5, 0.6) is 0 Å². The number of carbonyl (C=O) groups is 1. The first-order valence-electron chi connectivity index (χ1n) is 11.4. The van der Waals surface area contributed by atoms with Crippen LogP contribution in [-0.4, -0.2) is 63.2 Å². The van der Waals surface area contributed by atoms with Gasteiger partial charge < -0.3 is 25.1 Å². The van der Waals surface area contributed by atoms with Crippen molar-refractivity contribution in [3.63, 3.8) is 0 Å². The van der Waals surface area contributed by atoms with Gasteiger partial charge in [0.15, 0.2) is 0 Å². The molecule has 4 rings (SSSR count). The Morgan fingerprint density at radius 3 is 2.88 bits per heavy atom. The van der Waals surface area contributed by atoms with Crippen molar-refractivity contribution in [1.82, 2.24) is 30.4 Å². The van der Waals surface area contributed by atoms with E-state index in [4.69, 9.17) is 0 Å². The Hall–Kier alpha value is -3.55. The maximum absolute atomic E-state index is 13.1. The first kappa shape index (κ1) is 22.6. The average molecular weight is 448 g/mol. The monoisotopic (exact) mass is 447 g/mol. The Kier molecular flexibility index (Phi) is 6.53. The quantitative estimate of drug-likeness (QED) is 0.481. The number of benzene rings is 1. The number of hydrogen-bond acceptors (Lipinski definition) is 5. The molecule has 1 aliphatic heterocycles. The summed E-state index contributed by atoms with van der Waals surface area (Å²) in [5.41, 5.74) is 4.51. The Morgan fingerprint density at radius 2 is 2.12 bits per heavy atom. The standard InChI is InChI=1S/C25H33N7O/c1-16(2)10-11-20(12-19-13-26-22-9-7-6-8-21(19)22)27-24(33)23-28-25(30-29-23)32-14-17(3)31(5)18(4)15-32/h6-10,13,18,20,26H,3,11-12,14-15H2,1-2,4-5H3,(H,27,33)(H,28,29,30)/t18-,20?/m1/s1. The Morgan fingerprint density at radius 1 is 1.33 bits per heavy atom. The molecule has 174 valence electrons. The van der Waals surface area contributed by atoms with Crippen molar-refractivity contribution < 1.29 is 4.79 Å². The molecule has 0 radical (unpaired) electrons. The number of rotatable bonds is 7. The molecule has 1 unspecified atom stereocenters. The molecule has 2 aromatic heterocycles. The van der Waals surface area contributed by atoms with Gasteiger partial charge in [-0.3, -0.25) is 4.79 Å². The number of fused-ring (bicyclic) bond motifs is 1. The van der Waals surface area contributed by atoms with Crippen molar-refractivity contribution in [1.29, 1.82) is 0 Å². The van der Waals surface area contributed by atoms with Crippen molar-refractivity contribution >= 4 is 22.8 Å². The lowest BCUT2D eigenvalue weighted by Gasteiger charge is -2.40. The second-order valence-corrected chi connectivity index (χ2v) is 9.16. The molecule has 1 fully saturated rings. The lowest BCUT2D eigenvalue weighted by molar-refractivity contribution is 0.0927. The number of anilines is 1. The topological polar surface area (TPSA) is 92.9 Å². The molecule has 1 aliphatic rings. The van der Waals surface area contributed by atoms with Crippen LogP contribution >= 0.6 is 0 Å². The van der Waals surface area contributed by atoms with E-state index >= 15 is 0 Å². The van der Waals surface area contributed by atoms with Gasteiger partial charge >= 0.3 is 0 Å². The molecule has 3 aromatic rings. The van der Waals surface area contributed by atoms with Gasteiger partial charge in [-0.2, -0.15) is 0 Å². The predicted octanol–water partition coefficient (Wildman–Crippen LogP) is 3.64. The molecular formula is C25H33N7O. The van der Waals surface area contributed by atoms with Gasteiger partial charge in [-0.15, -0.1) is 10.2 Å². The van der Waals surface area contributed by atoms with E-state index in [-0.39, 0.29) is 17.8 Å². The number of H-pyrrole nitrogens is 2. The Labute approximate surface area is 194 Å². The zero-order chi connectivity index (χ0) is 23.5. The third kappa shape index (κ3) is 5.10. The van der Waals surface area contributed by atoms with E-state index < -0.39 is 0 Å². The van der Waals surface area contributed by atoms with Crippen LogP contribution in [0, 0.1) is 0 Å². The number of nitrogens with one attached hydrogen (secondary N) is 3. The van der Waals surface area contributed by atoms with E-state index in [1.807, 2.05) is 25.4 Å². The summed E-state index contributed by atoms with van der Waals surface area (Å²) in [5, 5.41) is 12.7. The van der Waals surface area contributed by atoms with E-state index in [2.05, 4.69) is 80.8 Å². The highest BCUT2D eigenvalue weighted by Crippen LogP contribution is 2.21. The van der Waals surface area contributed by atoms with Crippen molar-refractivity contribution in [3.05, 3.63) is 65.8 Å². The highest BCUT2D eigenvalue weighted by Gasteiger charge is 2.26. The largest absolute Gasteiger partial charge is 0.372 e. The van der Waals surface area contributed by atoms with Crippen molar-refractivity contribution in [3.8, 4) is 0 Å². The first-order valence-corrected chi connectivity index (χ1v) is 11.4. The number of piperazine rings is 1. The molecule has 2 atom stereocenters. The molecule has 1 aromatic carbocycles. The van der Waals surface area contributed by atoms with Crippen molar-refractivity contribution in [2.75, 3.05) is 25.0 Å². The minimum absolute atomic E-state index is 0.0661. The third-order valence-electron chi connectivity index (χ3n) is 6.29. The van der Waals surface area contributed by atoms with Gasteiger partial charge in [-0.25, -0.2) is 0 Å². The minimum atomic E-state index is -0.248. The summed E-state index contributed by atoms with van der Waals surface area (Å²) >= 11 is 0. The van der Waals surface area contributed by atoms with Crippen LogP contribution in [0.4, 0.5) is 5.95 Å². The molecule has 1 amide bonds.